The maximum Gasteiger partial charge on any atom is 0.173 e. The van der Waals surface area contributed by atoms with E-state index in [-0.39, 0.29) is 5.78 Å². The summed E-state index contributed by atoms with van der Waals surface area (Å²) in [6.45, 7) is 4.81. The monoisotopic (exact) mass is 313 g/mol. The third kappa shape index (κ3) is 2.83. The van der Waals surface area contributed by atoms with E-state index in [0.29, 0.717) is 18.9 Å². The molecule has 0 amide bonds. The molecule has 0 atom stereocenters. The minimum absolute atomic E-state index is 0.239. The van der Waals surface area contributed by atoms with Gasteiger partial charge in [0.25, 0.3) is 0 Å². The molecular weight excluding hydrogens is 294 g/mol. The molecule has 22 heavy (non-hydrogen) atoms. The van der Waals surface area contributed by atoms with Gasteiger partial charge < -0.3 is 4.74 Å². The summed E-state index contributed by atoms with van der Waals surface area (Å²) in [6, 6.07) is 9.93. The number of fused-ring (bicyclic) bond motifs is 1. The van der Waals surface area contributed by atoms with Crippen LogP contribution >= 0.6 is 11.3 Å². The van der Waals surface area contributed by atoms with E-state index in [4.69, 9.17) is 4.74 Å². The highest BCUT2D eigenvalue weighted by Gasteiger charge is 2.23. The fourth-order valence-corrected chi connectivity index (χ4v) is 3.71. The van der Waals surface area contributed by atoms with Crippen molar-refractivity contribution in [2.45, 2.75) is 26.8 Å². The zero-order chi connectivity index (χ0) is 15.7. The van der Waals surface area contributed by atoms with E-state index < -0.39 is 0 Å². The van der Waals surface area contributed by atoms with Gasteiger partial charge in [-0.25, -0.2) is 0 Å². The minimum atomic E-state index is 0.239. The molecule has 1 aromatic heterocycles. The average Bonchev–Trinajstić information content (AvgIpc) is 3.07. The largest absolute Gasteiger partial charge is 0.497 e. The Kier molecular flexibility index (Phi) is 4.12. The second-order valence-electron chi connectivity index (χ2n) is 5.88. The number of hydrogen-bond donors (Lipinski definition) is 0. The first kappa shape index (κ1) is 15.0. The molecular formula is C18H19NO2S. The number of benzene rings is 1. The lowest BCUT2D eigenvalue weighted by atomic mass is 10.1. The van der Waals surface area contributed by atoms with E-state index in [9.17, 15) is 4.79 Å². The lowest BCUT2D eigenvalue weighted by molar-refractivity contribution is 0.0972. The molecule has 0 unspecified atom stereocenters. The smallest absolute Gasteiger partial charge is 0.173 e. The van der Waals surface area contributed by atoms with E-state index >= 15 is 0 Å². The van der Waals surface area contributed by atoms with E-state index in [0.717, 1.165) is 26.8 Å². The summed E-state index contributed by atoms with van der Waals surface area (Å²) < 4.78 is 5.19. The highest BCUT2D eigenvalue weighted by atomic mass is 32.1. The molecule has 1 aliphatic heterocycles. The molecule has 3 rings (SSSR count). The number of carbonyl (C=O) groups excluding carboxylic acids is 1. The van der Waals surface area contributed by atoms with Crippen molar-refractivity contribution in [1.29, 1.82) is 0 Å². The molecule has 2 heterocycles. The quantitative estimate of drug-likeness (QED) is 0.770. The molecule has 1 aromatic carbocycles. The fraction of sp³-hybridized carbons (Fsp3) is 0.333. The van der Waals surface area contributed by atoms with Gasteiger partial charge in [0.2, 0.25) is 0 Å². The number of thiophene rings is 1. The van der Waals surface area contributed by atoms with Crippen molar-refractivity contribution in [2.24, 2.45) is 10.9 Å². The Morgan fingerprint density at radius 2 is 2.05 bits per heavy atom. The number of ether oxygens (including phenoxy) is 1. The molecule has 0 aliphatic carbocycles. The Morgan fingerprint density at radius 3 is 2.68 bits per heavy atom. The Morgan fingerprint density at radius 1 is 1.32 bits per heavy atom. The van der Waals surface area contributed by atoms with Crippen LogP contribution in [0.15, 0.2) is 35.3 Å². The van der Waals surface area contributed by atoms with Crippen LogP contribution in [-0.2, 0) is 6.54 Å². The Balaban J connectivity index is 1.87. The Labute approximate surface area is 134 Å². The number of ketones is 1. The van der Waals surface area contributed by atoms with Crippen LogP contribution in [0.25, 0.3) is 0 Å². The molecule has 1 aliphatic rings. The molecule has 0 bridgehead atoms. The fourth-order valence-electron chi connectivity index (χ4n) is 2.56. The predicted octanol–water partition coefficient (Wildman–Crippen LogP) is 4.34. The summed E-state index contributed by atoms with van der Waals surface area (Å²) in [5, 5.41) is 0. The number of nitrogens with zero attached hydrogens (tertiary/aromatic N) is 1. The third-order valence-corrected chi connectivity index (χ3v) is 4.89. The first-order valence-corrected chi connectivity index (χ1v) is 8.25. The number of aliphatic imine (C=N–C) groups is 1. The Bertz CT molecular complexity index is 726. The van der Waals surface area contributed by atoms with Gasteiger partial charge in [0.15, 0.2) is 5.78 Å². The maximum atomic E-state index is 12.2. The van der Waals surface area contributed by atoms with Crippen molar-refractivity contribution in [3.8, 4) is 5.75 Å². The molecule has 2 aromatic rings. The third-order valence-electron chi connectivity index (χ3n) is 3.66. The van der Waals surface area contributed by atoms with E-state index in [2.05, 4.69) is 18.8 Å². The number of carbonyl (C=O) groups is 1. The van der Waals surface area contributed by atoms with Crippen molar-refractivity contribution in [3.05, 3.63) is 51.2 Å². The van der Waals surface area contributed by atoms with Crippen molar-refractivity contribution < 1.29 is 9.53 Å². The minimum Gasteiger partial charge on any atom is -0.497 e. The maximum absolute atomic E-state index is 12.2. The lowest BCUT2D eigenvalue weighted by Crippen LogP contribution is -2.01. The van der Waals surface area contributed by atoms with Gasteiger partial charge in [-0.1, -0.05) is 13.8 Å². The molecule has 0 N–H and O–H groups in total. The van der Waals surface area contributed by atoms with Gasteiger partial charge in [-0.3, -0.25) is 9.79 Å². The van der Waals surface area contributed by atoms with Crippen LogP contribution in [0.4, 0.5) is 0 Å². The van der Waals surface area contributed by atoms with E-state index in [1.807, 2.05) is 30.3 Å². The van der Waals surface area contributed by atoms with Gasteiger partial charge in [-0.2, -0.15) is 0 Å². The van der Waals surface area contributed by atoms with Crippen LogP contribution in [0.3, 0.4) is 0 Å². The zero-order valence-corrected chi connectivity index (χ0v) is 13.9. The van der Waals surface area contributed by atoms with E-state index in [1.54, 1.807) is 18.4 Å². The van der Waals surface area contributed by atoms with Crippen LogP contribution in [0.5, 0.6) is 5.75 Å². The van der Waals surface area contributed by atoms with Gasteiger partial charge in [0, 0.05) is 12.0 Å². The summed E-state index contributed by atoms with van der Waals surface area (Å²) in [5.41, 5.74) is 3.23. The molecule has 0 fully saturated rings. The summed E-state index contributed by atoms with van der Waals surface area (Å²) in [4.78, 5) is 18.9. The van der Waals surface area contributed by atoms with Gasteiger partial charge in [0.05, 0.1) is 29.1 Å². The molecule has 0 saturated heterocycles. The summed E-state index contributed by atoms with van der Waals surface area (Å²) in [5.74, 6) is 1.46. The number of Topliss-reactive ketones (excluding diaryl/α,β-unsaturated/α-hetero) is 1. The van der Waals surface area contributed by atoms with Crippen molar-refractivity contribution >= 4 is 22.8 Å². The molecule has 0 radical (unpaired) electrons. The molecule has 114 valence electrons. The second-order valence-corrected chi connectivity index (χ2v) is 6.93. The molecule has 4 heteroatoms. The van der Waals surface area contributed by atoms with Crippen molar-refractivity contribution in [2.75, 3.05) is 7.11 Å². The highest BCUT2D eigenvalue weighted by Crippen LogP contribution is 2.32. The van der Waals surface area contributed by atoms with Gasteiger partial charge in [-0.05, 0) is 41.8 Å². The first-order chi connectivity index (χ1) is 10.6. The first-order valence-electron chi connectivity index (χ1n) is 7.43. The van der Waals surface area contributed by atoms with Crippen molar-refractivity contribution in [3.63, 3.8) is 0 Å². The lowest BCUT2D eigenvalue weighted by Gasteiger charge is -2.04. The molecule has 0 spiro atoms. The zero-order valence-electron chi connectivity index (χ0n) is 13.1. The summed E-state index contributed by atoms with van der Waals surface area (Å²) in [6.07, 6.45) is 0.606. The highest BCUT2D eigenvalue weighted by molar-refractivity contribution is 7.16. The summed E-state index contributed by atoms with van der Waals surface area (Å²) >= 11 is 1.57. The van der Waals surface area contributed by atoms with Crippen molar-refractivity contribution in [1.82, 2.24) is 0 Å². The second kappa shape index (κ2) is 6.05. The molecule has 0 saturated carbocycles. The van der Waals surface area contributed by atoms with Crippen LogP contribution in [0, 0.1) is 5.92 Å². The SMILES string of the molecule is COc1ccc(C2=NCc3cc(C(=O)CC(C)C)sc32)cc1. The van der Waals surface area contributed by atoms with E-state index in [1.165, 1.54) is 5.56 Å². The summed E-state index contributed by atoms with van der Waals surface area (Å²) in [7, 11) is 1.66. The van der Waals surface area contributed by atoms with Gasteiger partial charge in [0.1, 0.15) is 5.75 Å². The van der Waals surface area contributed by atoms with Gasteiger partial charge >= 0.3 is 0 Å². The molecule has 3 nitrogen and oxygen atoms in total. The number of methoxy groups -OCH3 is 1. The van der Waals surface area contributed by atoms with Crippen LogP contribution in [0.2, 0.25) is 0 Å². The van der Waals surface area contributed by atoms with Crippen LogP contribution < -0.4 is 4.74 Å². The number of hydrogen-bond acceptors (Lipinski definition) is 4. The standard InChI is InChI=1S/C18H19NO2S/c1-11(2)8-15(20)16-9-13-10-19-17(18(13)22-16)12-4-6-14(21-3)7-5-12/h4-7,9,11H,8,10H2,1-3H3. The van der Waals surface area contributed by atoms with Crippen LogP contribution in [0.1, 0.15) is 45.9 Å². The number of rotatable bonds is 5. The van der Waals surface area contributed by atoms with Gasteiger partial charge in [-0.15, -0.1) is 11.3 Å². The van der Waals surface area contributed by atoms with Crippen LogP contribution in [-0.4, -0.2) is 18.6 Å². The topological polar surface area (TPSA) is 38.7 Å². The normalized spacial score (nSPS) is 13.2. The average molecular weight is 313 g/mol. The predicted molar refractivity (Wildman–Crippen MR) is 90.4 cm³/mol. The Hall–Kier alpha value is -1.94.